The summed E-state index contributed by atoms with van der Waals surface area (Å²) in [5, 5.41) is 4.53. The summed E-state index contributed by atoms with van der Waals surface area (Å²) in [6.07, 6.45) is 2.91. The monoisotopic (exact) mass is 324 g/mol. The van der Waals surface area contributed by atoms with E-state index in [-0.39, 0.29) is 5.91 Å². The number of methoxy groups -OCH3 is 1. The molecule has 1 aliphatic rings. The summed E-state index contributed by atoms with van der Waals surface area (Å²) in [5.41, 5.74) is 5.65. The van der Waals surface area contributed by atoms with Gasteiger partial charge in [-0.05, 0) is 49.2 Å². The van der Waals surface area contributed by atoms with Crippen LogP contribution in [0.5, 0.6) is 5.75 Å². The van der Waals surface area contributed by atoms with Crippen LogP contribution in [0.2, 0.25) is 0 Å². The Bertz CT molecular complexity index is 877. The van der Waals surface area contributed by atoms with Gasteiger partial charge in [0, 0.05) is 0 Å². The minimum atomic E-state index is -0.752. The Kier molecular flexibility index (Phi) is 3.16. The standard InChI is InChI=1S/C17H16N4O3/c1-23-12-6-4-11(5-7-12)21-16(17(8-9-17)15(18)22)19-14(20-21)13-3-2-10-24-13/h2-7,10H,8-9H2,1H3,(H2,18,22). The summed E-state index contributed by atoms with van der Waals surface area (Å²) in [6, 6.07) is 10.9. The summed E-state index contributed by atoms with van der Waals surface area (Å²) >= 11 is 0. The van der Waals surface area contributed by atoms with Crippen molar-refractivity contribution in [2.75, 3.05) is 7.11 Å². The van der Waals surface area contributed by atoms with E-state index in [9.17, 15) is 4.79 Å². The highest BCUT2D eigenvalue weighted by Gasteiger charge is 2.54. The molecule has 1 fully saturated rings. The first-order valence-corrected chi connectivity index (χ1v) is 7.60. The number of primary amides is 1. The van der Waals surface area contributed by atoms with Crippen molar-refractivity contribution in [3.05, 3.63) is 48.5 Å². The van der Waals surface area contributed by atoms with Gasteiger partial charge in [0.25, 0.3) is 0 Å². The molecule has 7 nitrogen and oxygen atoms in total. The number of carbonyl (C=O) groups excluding carboxylic acids is 1. The smallest absolute Gasteiger partial charge is 0.231 e. The van der Waals surface area contributed by atoms with Gasteiger partial charge in [-0.3, -0.25) is 4.79 Å². The number of nitrogens with two attached hydrogens (primary N) is 1. The van der Waals surface area contributed by atoms with Crippen molar-refractivity contribution in [1.29, 1.82) is 0 Å². The van der Waals surface area contributed by atoms with Crippen molar-refractivity contribution in [2.24, 2.45) is 5.73 Å². The van der Waals surface area contributed by atoms with Gasteiger partial charge in [-0.25, -0.2) is 9.67 Å². The molecule has 1 saturated carbocycles. The highest BCUT2D eigenvalue weighted by Crippen LogP contribution is 2.48. The maximum Gasteiger partial charge on any atom is 0.231 e. The first-order chi connectivity index (χ1) is 11.6. The predicted octanol–water partition coefficient (Wildman–Crippen LogP) is 2.05. The number of rotatable bonds is 5. The molecule has 0 atom stereocenters. The predicted molar refractivity (Wildman–Crippen MR) is 85.7 cm³/mol. The van der Waals surface area contributed by atoms with E-state index in [1.165, 1.54) is 0 Å². The van der Waals surface area contributed by atoms with E-state index in [0.29, 0.717) is 30.3 Å². The molecule has 1 aliphatic carbocycles. The molecule has 0 saturated heterocycles. The molecule has 122 valence electrons. The van der Waals surface area contributed by atoms with Gasteiger partial charge < -0.3 is 14.9 Å². The van der Waals surface area contributed by atoms with Crippen molar-refractivity contribution < 1.29 is 13.9 Å². The van der Waals surface area contributed by atoms with E-state index in [4.69, 9.17) is 14.9 Å². The molecule has 0 bridgehead atoms. The molecule has 2 aromatic heterocycles. The van der Waals surface area contributed by atoms with Crippen LogP contribution in [0.15, 0.2) is 47.1 Å². The number of nitrogens with zero attached hydrogens (tertiary/aromatic N) is 3. The lowest BCUT2D eigenvalue weighted by Gasteiger charge is -2.12. The number of benzene rings is 1. The maximum atomic E-state index is 12.0. The molecule has 2 heterocycles. The molecule has 4 rings (SSSR count). The Morgan fingerprint density at radius 1 is 1.29 bits per heavy atom. The SMILES string of the molecule is COc1ccc(-n2nc(-c3ccco3)nc2C2(C(N)=O)CC2)cc1. The lowest BCUT2D eigenvalue weighted by atomic mass is 10.1. The van der Waals surface area contributed by atoms with Crippen LogP contribution in [0.1, 0.15) is 18.7 Å². The lowest BCUT2D eigenvalue weighted by Crippen LogP contribution is -2.31. The van der Waals surface area contributed by atoms with Crippen molar-refractivity contribution in [2.45, 2.75) is 18.3 Å². The number of ether oxygens (including phenoxy) is 1. The van der Waals surface area contributed by atoms with E-state index in [1.807, 2.05) is 24.3 Å². The summed E-state index contributed by atoms with van der Waals surface area (Å²) < 4.78 is 12.2. The highest BCUT2D eigenvalue weighted by molar-refractivity contribution is 5.89. The fourth-order valence-electron chi connectivity index (χ4n) is 2.74. The Morgan fingerprint density at radius 3 is 2.58 bits per heavy atom. The molecule has 24 heavy (non-hydrogen) atoms. The number of hydrogen-bond acceptors (Lipinski definition) is 5. The van der Waals surface area contributed by atoms with E-state index in [0.717, 1.165) is 11.4 Å². The van der Waals surface area contributed by atoms with Crippen LogP contribution < -0.4 is 10.5 Å². The number of carbonyl (C=O) groups is 1. The number of amides is 1. The lowest BCUT2D eigenvalue weighted by molar-refractivity contribution is -0.120. The number of aromatic nitrogens is 3. The largest absolute Gasteiger partial charge is 0.497 e. The molecule has 2 N–H and O–H groups in total. The molecule has 0 aliphatic heterocycles. The van der Waals surface area contributed by atoms with Crippen LogP contribution in [0, 0.1) is 0 Å². The van der Waals surface area contributed by atoms with Crippen molar-refractivity contribution in [1.82, 2.24) is 14.8 Å². The zero-order valence-electron chi connectivity index (χ0n) is 13.1. The Morgan fingerprint density at radius 2 is 2.04 bits per heavy atom. The van der Waals surface area contributed by atoms with Crippen molar-refractivity contribution >= 4 is 5.91 Å². The second kappa shape index (κ2) is 5.23. The molecule has 0 unspecified atom stereocenters. The summed E-state index contributed by atoms with van der Waals surface area (Å²) in [7, 11) is 1.61. The van der Waals surface area contributed by atoms with Crippen LogP contribution in [-0.4, -0.2) is 27.8 Å². The molecule has 0 spiro atoms. The van der Waals surface area contributed by atoms with Crippen LogP contribution >= 0.6 is 0 Å². The van der Waals surface area contributed by atoms with E-state index in [2.05, 4.69) is 10.1 Å². The van der Waals surface area contributed by atoms with Crippen LogP contribution in [0.3, 0.4) is 0 Å². The zero-order valence-corrected chi connectivity index (χ0v) is 13.1. The number of hydrogen-bond donors (Lipinski definition) is 1. The quantitative estimate of drug-likeness (QED) is 0.775. The van der Waals surface area contributed by atoms with E-state index in [1.54, 1.807) is 30.2 Å². The van der Waals surface area contributed by atoms with Gasteiger partial charge in [-0.2, -0.15) is 0 Å². The first kappa shape index (κ1) is 14.5. The van der Waals surface area contributed by atoms with Gasteiger partial charge in [-0.15, -0.1) is 5.10 Å². The first-order valence-electron chi connectivity index (χ1n) is 7.60. The molecular formula is C17H16N4O3. The Balaban J connectivity index is 1.86. The van der Waals surface area contributed by atoms with Crippen molar-refractivity contribution in [3.8, 4) is 23.0 Å². The topological polar surface area (TPSA) is 96.2 Å². The average Bonchev–Trinajstić information content (AvgIpc) is 3.04. The third-order valence-corrected chi connectivity index (χ3v) is 4.32. The van der Waals surface area contributed by atoms with Crippen LogP contribution in [0.25, 0.3) is 17.3 Å². The van der Waals surface area contributed by atoms with E-state index < -0.39 is 5.41 Å². The second-order valence-corrected chi connectivity index (χ2v) is 5.79. The second-order valence-electron chi connectivity index (χ2n) is 5.79. The van der Waals surface area contributed by atoms with Crippen LogP contribution in [0.4, 0.5) is 0 Å². The molecule has 1 amide bonds. The summed E-state index contributed by atoms with van der Waals surface area (Å²) in [5.74, 6) is 1.88. The third-order valence-electron chi connectivity index (χ3n) is 4.32. The average molecular weight is 324 g/mol. The van der Waals surface area contributed by atoms with Gasteiger partial charge in [-0.1, -0.05) is 0 Å². The molecular weight excluding hydrogens is 308 g/mol. The van der Waals surface area contributed by atoms with Gasteiger partial charge in [0.05, 0.1) is 19.1 Å². The van der Waals surface area contributed by atoms with E-state index >= 15 is 0 Å². The Hall–Kier alpha value is -3.09. The van der Waals surface area contributed by atoms with Gasteiger partial charge in [0.2, 0.25) is 11.7 Å². The zero-order chi connectivity index (χ0) is 16.7. The summed E-state index contributed by atoms with van der Waals surface area (Å²) in [6.45, 7) is 0. The van der Waals surface area contributed by atoms with Crippen molar-refractivity contribution in [3.63, 3.8) is 0 Å². The van der Waals surface area contributed by atoms with Gasteiger partial charge in [0.1, 0.15) is 17.0 Å². The fraction of sp³-hybridized carbons (Fsp3) is 0.235. The van der Waals surface area contributed by atoms with Crippen LogP contribution in [-0.2, 0) is 10.2 Å². The highest BCUT2D eigenvalue weighted by atomic mass is 16.5. The molecule has 3 aromatic rings. The normalized spacial score (nSPS) is 15.2. The third kappa shape index (κ3) is 2.17. The minimum Gasteiger partial charge on any atom is -0.497 e. The molecule has 1 aromatic carbocycles. The Labute approximate surface area is 138 Å². The van der Waals surface area contributed by atoms with Gasteiger partial charge in [0.15, 0.2) is 5.76 Å². The van der Waals surface area contributed by atoms with Gasteiger partial charge >= 0.3 is 0 Å². The minimum absolute atomic E-state index is 0.379. The molecule has 7 heteroatoms. The number of furan rings is 1. The summed E-state index contributed by atoms with van der Waals surface area (Å²) in [4.78, 5) is 16.5. The molecule has 0 radical (unpaired) electrons. The fourth-order valence-corrected chi connectivity index (χ4v) is 2.74. The maximum absolute atomic E-state index is 12.0.